The smallest absolute Gasteiger partial charge is 0.252 e. The Morgan fingerprint density at radius 2 is 2.00 bits per heavy atom. The van der Waals surface area contributed by atoms with Crippen LogP contribution >= 0.6 is 0 Å². The number of carbonyl (C=O) groups is 2. The molecule has 1 aliphatic rings. The van der Waals surface area contributed by atoms with Crippen molar-refractivity contribution >= 4 is 23.3 Å². The van der Waals surface area contributed by atoms with Gasteiger partial charge in [-0.1, -0.05) is 24.6 Å². The fourth-order valence-electron chi connectivity index (χ4n) is 2.93. The van der Waals surface area contributed by atoms with Crippen molar-refractivity contribution in [1.29, 1.82) is 0 Å². The highest BCUT2D eigenvalue weighted by molar-refractivity contribution is 6.01. The number of anilines is 2. The fraction of sp³-hybridized carbons (Fsp3) is 0.350. The molecule has 0 radical (unpaired) electrons. The molecule has 0 saturated carbocycles. The van der Waals surface area contributed by atoms with Gasteiger partial charge < -0.3 is 15.5 Å². The van der Waals surface area contributed by atoms with Crippen molar-refractivity contribution in [3.05, 3.63) is 53.7 Å². The van der Waals surface area contributed by atoms with Crippen molar-refractivity contribution < 1.29 is 9.59 Å². The highest BCUT2D eigenvalue weighted by atomic mass is 16.2. The number of hydrogen-bond acceptors (Lipinski definition) is 4. The van der Waals surface area contributed by atoms with Crippen LogP contribution in [0, 0.1) is 6.92 Å². The monoisotopic (exact) mass is 352 g/mol. The van der Waals surface area contributed by atoms with E-state index in [4.69, 9.17) is 0 Å². The van der Waals surface area contributed by atoms with Crippen molar-refractivity contribution in [2.45, 2.75) is 32.7 Å². The Balaban J connectivity index is 1.62. The van der Waals surface area contributed by atoms with E-state index in [2.05, 4.69) is 15.6 Å². The maximum absolute atomic E-state index is 12.7. The zero-order valence-electron chi connectivity index (χ0n) is 15.2. The third kappa shape index (κ3) is 4.02. The van der Waals surface area contributed by atoms with Crippen molar-refractivity contribution in [3.63, 3.8) is 0 Å². The molecule has 1 aliphatic heterocycles. The minimum absolute atomic E-state index is 0.0421. The van der Waals surface area contributed by atoms with Crippen LogP contribution in [-0.2, 0) is 4.79 Å². The van der Waals surface area contributed by atoms with Gasteiger partial charge in [-0.15, -0.1) is 0 Å². The van der Waals surface area contributed by atoms with Crippen LogP contribution in [0.1, 0.15) is 35.7 Å². The van der Waals surface area contributed by atoms with Crippen molar-refractivity contribution in [2.75, 3.05) is 23.3 Å². The Morgan fingerprint density at radius 1 is 1.23 bits per heavy atom. The lowest BCUT2D eigenvalue weighted by Gasteiger charge is -2.17. The summed E-state index contributed by atoms with van der Waals surface area (Å²) in [6, 6.07) is 11.1. The minimum Gasteiger partial charge on any atom is -0.358 e. The molecule has 0 aliphatic carbocycles. The molecule has 2 heterocycles. The van der Waals surface area contributed by atoms with E-state index in [1.165, 1.54) is 11.8 Å². The number of nitrogens with zero attached hydrogens (tertiary/aromatic N) is 2. The Hall–Kier alpha value is -2.89. The van der Waals surface area contributed by atoms with E-state index in [1.54, 1.807) is 17.0 Å². The zero-order valence-corrected chi connectivity index (χ0v) is 15.2. The second kappa shape index (κ2) is 7.99. The van der Waals surface area contributed by atoms with E-state index >= 15 is 0 Å². The van der Waals surface area contributed by atoms with E-state index in [1.807, 2.05) is 38.1 Å². The fourth-order valence-corrected chi connectivity index (χ4v) is 2.93. The van der Waals surface area contributed by atoms with Gasteiger partial charge in [0.15, 0.2) is 0 Å². The van der Waals surface area contributed by atoms with Gasteiger partial charge in [0, 0.05) is 25.0 Å². The number of aryl methyl sites for hydroxylation is 1. The molecule has 6 nitrogen and oxygen atoms in total. The lowest BCUT2D eigenvalue weighted by Crippen LogP contribution is -2.33. The molecule has 1 unspecified atom stereocenters. The van der Waals surface area contributed by atoms with Gasteiger partial charge in [0.1, 0.15) is 11.9 Å². The third-order valence-corrected chi connectivity index (χ3v) is 4.43. The average molecular weight is 352 g/mol. The van der Waals surface area contributed by atoms with Gasteiger partial charge in [-0.3, -0.25) is 9.59 Å². The second-order valence-corrected chi connectivity index (χ2v) is 6.50. The Labute approximate surface area is 153 Å². The quantitative estimate of drug-likeness (QED) is 0.838. The van der Waals surface area contributed by atoms with E-state index in [0.29, 0.717) is 30.9 Å². The molecule has 26 heavy (non-hydrogen) atoms. The molecule has 1 aromatic carbocycles. The molecule has 136 valence electrons. The summed E-state index contributed by atoms with van der Waals surface area (Å²) in [4.78, 5) is 30.6. The van der Waals surface area contributed by atoms with Gasteiger partial charge in [0.2, 0.25) is 5.91 Å². The molecule has 6 heteroatoms. The van der Waals surface area contributed by atoms with Gasteiger partial charge in [0.05, 0.1) is 5.56 Å². The largest absolute Gasteiger partial charge is 0.358 e. The summed E-state index contributed by atoms with van der Waals surface area (Å²) < 4.78 is 0. The number of nitrogens with one attached hydrogen (secondary N) is 2. The summed E-state index contributed by atoms with van der Waals surface area (Å²) in [5.74, 6) is 0.509. The standard InChI is InChI=1S/C20H24N4O2/c1-3-11-21-19(25)15-6-9-18(22-13-15)23-17-10-12-24(20(17)26)16-7-4-14(2)5-8-16/h4-9,13,17H,3,10-12H2,1-2H3,(H,21,25)(H,22,23). The number of aromatic nitrogens is 1. The van der Waals surface area contributed by atoms with Gasteiger partial charge in [0.25, 0.3) is 5.91 Å². The molecule has 0 bridgehead atoms. The number of amides is 2. The van der Waals surface area contributed by atoms with Crippen LogP contribution in [0.15, 0.2) is 42.6 Å². The van der Waals surface area contributed by atoms with Gasteiger partial charge in [-0.05, 0) is 44.0 Å². The summed E-state index contributed by atoms with van der Waals surface area (Å²) >= 11 is 0. The zero-order chi connectivity index (χ0) is 18.5. The van der Waals surface area contributed by atoms with Gasteiger partial charge in [-0.2, -0.15) is 0 Å². The highest BCUT2D eigenvalue weighted by Gasteiger charge is 2.32. The molecule has 3 rings (SSSR count). The minimum atomic E-state index is -0.302. The number of benzene rings is 1. The normalized spacial score (nSPS) is 16.6. The maximum atomic E-state index is 12.7. The van der Waals surface area contributed by atoms with Crippen LogP contribution in [0.3, 0.4) is 0 Å². The molecule has 1 atom stereocenters. The van der Waals surface area contributed by atoms with Gasteiger partial charge in [-0.25, -0.2) is 4.98 Å². The molecule has 1 fully saturated rings. The summed E-state index contributed by atoms with van der Waals surface area (Å²) in [5.41, 5.74) is 2.60. The van der Waals surface area contributed by atoms with Crippen LogP contribution in [-0.4, -0.2) is 35.9 Å². The predicted octanol–water partition coefficient (Wildman–Crippen LogP) is 2.75. The first kappa shape index (κ1) is 17.9. The van der Waals surface area contributed by atoms with E-state index in [0.717, 1.165) is 12.1 Å². The average Bonchev–Trinajstić information content (AvgIpc) is 3.01. The first-order chi connectivity index (χ1) is 12.6. The lowest BCUT2D eigenvalue weighted by atomic mass is 10.2. The van der Waals surface area contributed by atoms with E-state index in [-0.39, 0.29) is 17.9 Å². The number of pyridine rings is 1. The van der Waals surface area contributed by atoms with Crippen molar-refractivity contribution in [3.8, 4) is 0 Å². The summed E-state index contributed by atoms with van der Waals surface area (Å²) in [6.07, 6.45) is 3.14. The summed E-state index contributed by atoms with van der Waals surface area (Å²) in [6.45, 7) is 5.35. The van der Waals surface area contributed by atoms with Crippen LogP contribution in [0.5, 0.6) is 0 Å². The Bertz CT molecular complexity index is 771. The topological polar surface area (TPSA) is 74.3 Å². The van der Waals surface area contributed by atoms with Crippen LogP contribution in [0.4, 0.5) is 11.5 Å². The van der Waals surface area contributed by atoms with Crippen LogP contribution < -0.4 is 15.5 Å². The first-order valence-electron chi connectivity index (χ1n) is 8.97. The predicted molar refractivity (Wildman–Crippen MR) is 102 cm³/mol. The van der Waals surface area contributed by atoms with E-state index in [9.17, 15) is 9.59 Å². The highest BCUT2D eigenvalue weighted by Crippen LogP contribution is 2.23. The van der Waals surface area contributed by atoms with Gasteiger partial charge >= 0.3 is 0 Å². The molecule has 2 N–H and O–H groups in total. The molecule has 0 spiro atoms. The van der Waals surface area contributed by atoms with Crippen molar-refractivity contribution in [1.82, 2.24) is 10.3 Å². The van der Waals surface area contributed by atoms with Crippen molar-refractivity contribution in [2.24, 2.45) is 0 Å². The molecule has 1 aromatic heterocycles. The summed E-state index contributed by atoms with van der Waals surface area (Å²) in [7, 11) is 0. The molecule has 1 saturated heterocycles. The molecular weight excluding hydrogens is 328 g/mol. The third-order valence-electron chi connectivity index (χ3n) is 4.43. The maximum Gasteiger partial charge on any atom is 0.252 e. The number of rotatable bonds is 6. The molecule has 2 aromatic rings. The van der Waals surface area contributed by atoms with Crippen LogP contribution in [0.2, 0.25) is 0 Å². The number of carbonyl (C=O) groups excluding carboxylic acids is 2. The van der Waals surface area contributed by atoms with Crippen LogP contribution in [0.25, 0.3) is 0 Å². The number of hydrogen-bond donors (Lipinski definition) is 2. The Morgan fingerprint density at radius 3 is 2.65 bits per heavy atom. The SMILES string of the molecule is CCCNC(=O)c1ccc(NC2CCN(c3ccc(C)cc3)C2=O)nc1. The van der Waals surface area contributed by atoms with E-state index < -0.39 is 0 Å². The first-order valence-corrected chi connectivity index (χ1v) is 8.97. The lowest BCUT2D eigenvalue weighted by molar-refractivity contribution is -0.117. The summed E-state index contributed by atoms with van der Waals surface area (Å²) in [5, 5.41) is 5.99. The molecule has 2 amide bonds. The Kier molecular flexibility index (Phi) is 5.51. The molecular formula is C20H24N4O2. The second-order valence-electron chi connectivity index (χ2n) is 6.50.